The van der Waals surface area contributed by atoms with Crippen LogP contribution in [0.25, 0.3) is 0 Å². The Morgan fingerprint density at radius 1 is 1.53 bits per heavy atom. The lowest BCUT2D eigenvalue weighted by Gasteiger charge is -2.33. The number of thioether (sulfide) groups is 1. The first-order valence-electron chi connectivity index (χ1n) is 6.78. The molecule has 0 aliphatic carbocycles. The predicted octanol–water partition coefficient (Wildman–Crippen LogP) is 3.63. The van der Waals surface area contributed by atoms with Crippen LogP contribution in [0.4, 0.5) is 0 Å². The molecule has 0 saturated carbocycles. The summed E-state index contributed by atoms with van der Waals surface area (Å²) in [6.07, 6.45) is 2.04. The van der Waals surface area contributed by atoms with Gasteiger partial charge in [-0.2, -0.15) is 11.8 Å². The molecule has 3 rings (SSSR count). The Balaban J connectivity index is 1.75. The molecule has 0 aromatic carbocycles. The molecule has 2 unspecified atom stereocenters. The number of halogens is 1. The van der Waals surface area contributed by atoms with E-state index < -0.39 is 0 Å². The number of thiophene rings is 1. The number of nitrogens with zero attached hydrogens (tertiary/aromatic N) is 1. The summed E-state index contributed by atoms with van der Waals surface area (Å²) in [5.74, 6) is 2.86. The summed E-state index contributed by atoms with van der Waals surface area (Å²) in [5.41, 5.74) is 1.38. The summed E-state index contributed by atoms with van der Waals surface area (Å²) in [4.78, 5) is 16.9. The highest BCUT2D eigenvalue weighted by atomic mass is 35.5. The van der Waals surface area contributed by atoms with Gasteiger partial charge in [-0.1, -0.05) is 6.92 Å². The van der Waals surface area contributed by atoms with E-state index in [1.807, 2.05) is 16.7 Å². The Kier molecular flexibility index (Phi) is 4.11. The number of carbonyl (C=O) groups excluding carboxylic acids is 1. The van der Waals surface area contributed by atoms with Crippen LogP contribution in [0.2, 0.25) is 0 Å². The number of piperidine rings is 1. The summed E-state index contributed by atoms with van der Waals surface area (Å²) in [7, 11) is 0. The zero-order valence-electron chi connectivity index (χ0n) is 11.0. The molecule has 3 heterocycles. The summed E-state index contributed by atoms with van der Waals surface area (Å²) >= 11 is 9.89. The molecule has 1 fully saturated rings. The molecule has 0 bridgehead atoms. The third kappa shape index (κ3) is 2.81. The second-order valence-electron chi connectivity index (χ2n) is 5.39. The Morgan fingerprint density at radius 2 is 2.37 bits per heavy atom. The molecule has 0 spiro atoms. The van der Waals surface area contributed by atoms with Crippen LogP contribution < -0.4 is 0 Å². The SMILES string of the molecule is CC1CN(C(=O)c2cc3c(s2)CCSC3)CCC1Cl. The number of rotatable bonds is 1. The molecule has 2 aliphatic heterocycles. The van der Waals surface area contributed by atoms with Gasteiger partial charge in [0.25, 0.3) is 5.91 Å². The van der Waals surface area contributed by atoms with Gasteiger partial charge in [0.05, 0.1) is 4.88 Å². The molecule has 1 aromatic rings. The molecule has 1 amide bonds. The van der Waals surface area contributed by atoms with E-state index in [4.69, 9.17) is 11.6 Å². The lowest BCUT2D eigenvalue weighted by atomic mass is 9.99. The van der Waals surface area contributed by atoms with Crippen LogP contribution in [0.3, 0.4) is 0 Å². The van der Waals surface area contributed by atoms with Crippen molar-refractivity contribution in [1.82, 2.24) is 4.90 Å². The van der Waals surface area contributed by atoms with E-state index in [1.165, 1.54) is 16.2 Å². The van der Waals surface area contributed by atoms with E-state index in [1.54, 1.807) is 11.3 Å². The molecule has 0 N–H and O–H groups in total. The van der Waals surface area contributed by atoms with Crippen molar-refractivity contribution >= 4 is 40.6 Å². The molecule has 5 heteroatoms. The summed E-state index contributed by atoms with van der Waals surface area (Å²) < 4.78 is 0. The van der Waals surface area contributed by atoms with Crippen LogP contribution in [0, 0.1) is 5.92 Å². The molecular weight excluding hydrogens is 298 g/mol. The van der Waals surface area contributed by atoms with E-state index in [2.05, 4.69) is 13.0 Å². The average Bonchev–Trinajstić information content (AvgIpc) is 2.85. The molecule has 2 atom stereocenters. The molecular formula is C14H18ClNOS2. The first-order chi connectivity index (χ1) is 9.15. The van der Waals surface area contributed by atoms with Crippen molar-refractivity contribution in [3.05, 3.63) is 21.4 Å². The van der Waals surface area contributed by atoms with Gasteiger partial charge in [-0.15, -0.1) is 22.9 Å². The zero-order chi connectivity index (χ0) is 13.4. The number of fused-ring (bicyclic) bond motifs is 1. The van der Waals surface area contributed by atoms with Crippen LogP contribution in [-0.4, -0.2) is 35.0 Å². The highest BCUT2D eigenvalue weighted by Crippen LogP contribution is 2.33. The maximum absolute atomic E-state index is 12.6. The van der Waals surface area contributed by atoms with Crippen molar-refractivity contribution < 1.29 is 4.79 Å². The minimum atomic E-state index is 0.208. The molecule has 2 nitrogen and oxygen atoms in total. The topological polar surface area (TPSA) is 20.3 Å². The van der Waals surface area contributed by atoms with Crippen LogP contribution in [0.15, 0.2) is 6.07 Å². The minimum Gasteiger partial charge on any atom is -0.338 e. The number of likely N-dealkylation sites (tertiary alicyclic amines) is 1. The highest BCUT2D eigenvalue weighted by Gasteiger charge is 2.29. The van der Waals surface area contributed by atoms with Crippen molar-refractivity contribution in [2.75, 3.05) is 18.8 Å². The molecule has 104 valence electrons. The van der Waals surface area contributed by atoms with Gasteiger partial charge < -0.3 is 4.90 Å². The van der Waals surface area contributed by atoms with Crippen molar-refractivity contribution in [2.24, 2.45) is 5.92 Å². The monoisotopic (exact) mass is 315 g/mol. The molecule has 19 heavy (non-hydrogen) atoms. The standard InChI is InChI=1S/C14H18ClNOS2/c1-9-7-16(4-2-11(9)15)14(17)13-6-10-8-18-5-3-12(10)19-13/h6,9,11H,2-5,7-8H2,1H3. The predicted molar refractivity (Wildman–Crippen MR) is 83.5 cm³/mol. The number of amides is 1. The number of hydrogen-bond donors (Lipinski definition) is 0. The van der Waals surface area contributed by atoms with Gasteiger partial charge in [-0.05, 0) is 36.1 Å². The number of hydrogen-bond acceptors (Lipinski definition) is 3. The van der Waals surface area contributed by atoms with Gasteiger partial charge in [-0.25, -0.2) is 0 Å². The van der Waals surface area contributed by atoms with Crippen LogP contribution in [0.1, 0.15) is 33.5 Å². The second-order valence-corrected chi connectivity index (χ2v) is 8.20. The van der Waals surface area contributed by atoms with E-state index in [0.717, 1.165) is 36.6 Å². The Labute approximate surface area is 127 Å². The largest absolute Gasteiger partial charge is 0.338 e. The highest BCUT2D eigenvalue weighted by molar-refractivity contribution is 7.98. The fourth-order valence-electron chi connectivity index (χ4n) is 2.71. The third-order valence-electron chi connectivity index (χ3n) is 3.93. The van der Waals surface area contributed by atoms with Crippen molar-refractivity contribution in [2.45, 2.75) is 30.9 Å². The van der Waals surface area contributed by atoms with Crippen LogP contribution in [0.5, 0.6) is 0 Å². The molecule has 0 radical (unpaired) electrons. The maximum atomic E-state index is 12.6. The van der Waals surface area contributed by atoms with E-state index in [0.29, 0.717) is 5.92 Å². The third-order valence-corrected chi connectivity index (χ3v) is 6.81. The van der Waals surface area contributed by atoms with Crippen LogP contribution >= 0.6 is 34.7 Å². The van der Waals surface area contributed by atoms with Crippen molar-refractivity contribution in [1.29, 1.82) is 0 Å². The lowest BCUT2D eigenvalue weighted by Crippen LogP contribution is -2.43. The lowest BCUT2D eigenvalue weighted by molar-refractivity contribution is 0.0692. The first kappa shape index (κ1) is 13.8. The smallest absolute Gasteiger partial charge is 0.263 e. The van der Waals surface area contributed by atoms with Gasteiger partial charge in [0.15, 0.2) is 0 Å². The van der Waals surface area contributed by atoms with Gasteiger partial charge >= 0.3 is 0 Å². The van der Waals surface area contributed by atoms with Gasteiger partial charge in [0.2, 0.25) is 0 Å². The van der Waals surface area contributed by atoms with Crippen LogP contribution in [-0.2, 0) is 12.2 Å². The Hall–Kier alpha value is -0.190. The molecule has 1 saturated heterocycles. The van der Waals surface area contributed by atoms with E-state index in [9.17, 15) is 4.79 Å². The molecule has 2 aliphatic rings. The average molecular weight is 316 g/mol. The van der Waals surface area contributed by atoms with Crippen molar-refractivity contribution in [3.8, 4) is 0 Å². The first-order valence-corrected chi connectivity index (χ1v) is 9.18. The second kappa shape index (κ2) is 5.66. The number of alkyl halides is 1. The van der Waals surface area contributed by atoms with Crippen molar-refractivity contribution in [3.63, 3.8) is 0 Å². The normalized spacial score (nSPS) is 27.2. The van der Waals surface area contributed by atoms with E-state index in [-0.39, 0.29) is 11.3 Å². The summed E-state index contributed by atoms with van der Waals surface area (Å²) in [6, 6.07) is 2.12. The summed E-state index contributed by atoms with van der Waals surface area (Å²) in [5, 5.41) is 0.219. The number of aryl methyl sites for hydroxylation is 1. The van der Waals surface area contributed by atoms with E-state index >= 15 is 0 Å². The fraction of sp³-hybridized carbons (Fsp3) is 0.643. The quantitative estimate of drug-likeness (QED) is 0.738. The Morgan fingerprint density at radius 3 is 3.11 bits per heavy atom. The van der Waals surface area contributed by atoms with Gasteiger partial charge in [0.1, 0.15) is 0 Å². The molecule has 1 aromatic heterocycles. The Bertz CT molecular complexity index is 464. The summed E-state index contributed by atoms with van der Waals surface area (Å²) in [6.45, 7) is 3.73. The fourth-order valence-corrected chi connectivity index (χ4v) is 5.23. The van der Waals surface area contributed by atoms with Gasteiger partial charge in [0, 0.05) is 29.1 Å². The zero-order valence-corrected chi connectivity index (χ0v) is 13.4. The number of carbonyl (C=O) groups is 1. The maximum Gasteiger partial charge on any atom is 0.263 e. The minimum absolute atomic E-state index is 0.208. The van der Waals surface area contributed by atoms with Gasteiger partial charge in [-0.3, -0.25) is 4.79 Å².